The predicted octanol–water partition coefficient (Wildman–Crippen LogP) is 5.61. The van der Waals surface area contributed by atoms with E-state index in [1.807, 2.05) is 42.5 Å². The van der Waals surface area contributed by atoms with Gasteiger partial charge in [-0.15, -0.1) is 0 Å². The van der Waals surface area contributed by atoms with Gasteiger partial charge in [0.1, 0.15) is 5.75 Å². The quantitative estimate of drug-likeness (QED) is 0.609. The fourth-order valence-electron chi connectivity index (χ4n) is 2.53. The van der Waals surface area contributed by atoms with Crippen LogP contribution < -0.4 is 4.74 Å². The highest BCUT2D eigenvalue weighted by molar-refractivity contribution is 6.30. The van der Waals surface area contributed by atoms with Crippen LogP contribution in [-0.2, 0) is 6.42 Å². The summed E-state index contributed by atoms with van der Waals surface area (Å²) >= 11 is 5.93. The zero-order valence-corrected chi connectivity index (χ0v) is 13.2. The molecule has 22 heavy (non-hydrogen) atoms. The van der Waals surface area contributed by atoms with Crippen molar-refractivity contribution in [1.82, 2.24) is 0 Å². The van der Waals surface area contributed by atoms with Crippen molar-refractivity contribution in [2.24, 2.45) is 0 Å². The highest BCUT2D eigenvalue weighted by atomic mass is 35.5. The van der Waals surface area contributed by atoms with Crippen LogP contribution in [0.4, 0.5) is 0 Å². The number of halogens is 1. The summed E-state index contributed by atoms with van der Waals surface area (Å²) in [5, 5.41) is 0.761. The highest BCUT2D eigenvalue weighted by Gasteiger charge is 2.04. The van der Waals surface area contributed by atoms with Gasteiger partial charge in [0.25, 0.3) is 0 Å². The van der Waals surface area contributed by atoms with Crippen molar-refractivity contribution in [2.75, 3.05) is 7.11 Å². The van der Waals surface area contributed by atoms with Crippen LogP contribution in [0.15, 0.2) is 72.8 Å². The molecule has 0 radical (unpaired) electrons. The first kappa shape index (κ1) is 14.7. The van der Waals surface area contributed by atoms with Crippen LogP contribution in [0.1, 0.15) is 11.1 Å². The molecule has 0 aliphatic carbocycles. The van der Waals surface area contributed by atoms with Gasteiger partial charge in [0, 0.05) is 11.4 Å². The molecule has 0 aliphatic rings. The molecular formula is C20H17ClO. The van der Waals surface area contributed by atoms with Crippen LogP contribution >= 0.6 is 11.6 Å². The molecule has 3 aromatic rings. The Kier molecular flexibility index (Phi) is 4.45. The van der Waals surface area contributed by atoms with Gasteiger partial charge in [-0.25, -0.2) is 0 Å². The van der Waals surface area contributed by atoms with Gasteiger partial charge in [-0.1, -0.05) is 66.2 Å². The topological polar surface area (TPSA) is 9.23 Å². The van der Waals surface area contributed by atoms with E-state index < -0.39 is 0 Å². The fourth-order valence-corrected chi connectivity index (χ4v) is 2.65. The third-order valence-corrected chi connectivity index (χ3v) is 3.97. The summed E-state index contributed by atoms with van der Waals surface area (Å²) in [5.74, 6) is 0.935. The molecule has 0 heterocycles. The molecule has 110 valence electrons. The van der Waals surface area contributed by atoms with E-state index in [4.69, 9.17) is 16.3 Å². The van der Waals surface area contributed by atoms with Gasteiger partial charge in [0.05, 0.1) is 7.11 Å². The summed E-state index contributed by atoms with van der Waals surface area (Å²) in [6.07, 6.45) is 0.866. The first-order valence-electron chi connectivity index (χ1n) is 7.23. The Balaban J connectivity index is 1.81. The van der Waals surface area contributed by atoms with Gasteiger partial charge < -0.3 is 4.74 Å². The average Bonchev–Trinajstić information content (AvgIpc) is 2.57. The molecule has 0 fully saturated rings. The molecule has 0 N–H and O–H groups in total. The summed E-state index contributed by atoms with van der Waals surface area (Å²) in [6.45, 7) is 0. The van der Waals surface area contributed by atoms with Gasteiger partial charge >= 0.3 is 0 Å². The Bertz CT molecular complexity index is 745. The lowest BCUT2D eigenvalue weighted by Crippen LogP contribution is -1.93. The van der Waals surface area contributed by atoms with E-state index in [1.165, 1.54) is 22.3 Å². The molecule has 0 saturated carbocycles. The van der Waals surface area contributed by atoms with Gasteiger partial charge in [0.2, 0.25) is 0 Å². The monoisotopic (exact) mass is 308 g/mol. The van der Waals surface area contributed by atoms with Crippen LogP contribution in [0.2, 0.25) is 5.02 Å². The molecule has 0 atom stereocenters. The molecule has 0 bridgehead atoms. The first-order chi connectivity index (χ1) is 10.8. The highest BCUT2D eigenvalue weighted by Crippen LogP contribution is 2.24. The van der Waals surface area contributed by atoms with Gasteiger partial charge in [-0.2, -0.15) is 0 Å². The minimum Gasteiger partial charge on any atom is -0.496 e. The van der Waals surface area contributed by atoms with Gasteiger partial charge in [0.15, 0.2) is 0 Å². The summed E-state index contributed by atoms with van der Waals surface area (Å²) in [7, 11) is 1.71. The van der Waals surface area contributed by atoms with E-state index in [9.17, 15) is 0 Å². The second-order valence-electron chi connectivity index (χ2n) is 5.19. The molecule has 1 nitrogen and oxygen atoms in total. The van der Waals surface area contributed by atoms with E-state index in [1.54, 1.807) is 7.11 Å². The van der Waals surface area contributed by atoms with Crippen molar-refractivity contribution in [3.05, 3.63) is 88.9 Å². The zero-order valence-electron chi connectivity index (χ0n) is 12.4. The molecule has 0 aromatic heterocycles. The maximum Gasteiger partial charge on any atom is 0.122 e. The van der Waals surface area contributed by atoms with Crippen LogP contribution in [0.5, 0.6) is 5.75 Å². The lowest BCUT2D eigenvalue weighted by Gasteiger charge is -2.09. The van der Waals surface area contributed by atoms with Crippen molar-refractivity contribution in [1.29, 1.82) is 0 Å². The number of hydrogen-bond acceptors (Lipinski definition) is 1. The largest absolute Gasteiger partial charge is 0.496 e. The Morgan fingerprint density at radius 3 is 2.00 bits per heavy atom. The van der Waals surface area contributed by atoms with Crippen LogP contribution in [0.3, 0.4) is 0 Å². The van der Waals surface area contributed by atoms with Crippen LogP contribution in [-0.4, -0.2) is 7.11 Å². The minimum absolute atomic E-state index is 0.761. The number of ether oxygens (including phenoxy) is 1. The van der Waals surface area contributed by atoms with Crippen LogP contribution in [0.25, 0.3) is 11.1 Å². The lowest BCUT2D eigenvalue weighted by molar-refractivity contribution is 0.410. The lowest BCUT2D eigenvalue weighted by atomic mass is 10.00. The van der Waals surface area contributed by atoms with E-state index in [-0.39, 0.29) is 0 Å². The molecule has 3 aromatic carbocycles. The average molecular weight is 309 g/mol. The zero-order chi connectivity index (χ0) is 15.4. The van der Waals surface area contributed by atoms with Gasteiger partial charge in [-0.3, -0.25) is 0 Å². The Morgan fingerprint density at radius 1 is 0.773 bits per heavy atom. The van der Waals surface area contributed by atoms with Crippen molar-refractivity contribution < 1.29 is 4.74 Å². The second-order valence-corrected chi connectivity index (χ2v) is 5.63. The molecule has 0 amide bonds. The predicted molar refractivity (Wildman–Crippen MR) is 92.7 cm³/mol. The number of benzene rings is 3. The second kappa shape index (κ2) is 6.67. The fraction of sp³-hybridized carbons (Fsp3) is 0.100. The minimum atomic E-state index is 0.761. The first-order valence-corrected chi connectivity index (χ1v) is 7.61. The summed E-state index contributed by atoms with van der Waals surface area (Å²) in [5.41, 5.74) is 4.83. The number of methoxy groups -OCH3 is 1. The maximum absolute atomic E-state index is 5.93. The van der Waals surface area contributed by atoms with E-state index in [0.29, 0.717) is 0 Å². The normalized spacial score (nSPS) is 10.5. The molecule has 0 unspecified atom stereocenters. The SMILES string of the molecule is COc1ccccc1Cc1ccc(-c2ccc(Cl)cc2)cc1. The molecule has 0 spiro atoms. The summed E-state index contributed by atoms with van der Waals surface area (Å²) in [6, 6.07) is 24.7. The Labute approximate surface area is 136 Å². The molecule has 0 aliphatic heterocycles. The standard InChI is InChI=1S/C20H17ClO/c1-22-20-5-3-2-4-18(20)14-15-6-8-16(9-7-15)17-10-12-19(21)13-11-17/h2-13H,14H2,1H3. The smallest absolute Gasteiger partial charge is 0.122 e. The third-order valence-electron chi connectivity index (χ3n) is 3.72. The van der Waals surface area contributed by atoms with Crippen molar-refractivity contribution in [3.63, 3.8) is 0 Å². The Morgan fingerprint density at radius 2 is 1.36 bits per heavy atom. The van der Waals surface area contributed by atoms with Crippen molar-refractivity contribution >= 4 is 11.6 Å². The third kappa shape index (κ3) is 3.32. The molecule has 2 heteroatoms. The summed E-state index contributed by atoms with van der Waals surface area (Å²) in [4.78, 5) is 0. The number of rotatable bonds is 4. The number of hydrogen-bond donors (Lipinski definition) is 0. The maximum atomic E-state index is 5.93. The van der Waals surface area contributed by atoms with Crippen LogP contribution in [0, 0.1) is 0 Å². The summed E-state index contributed by atoms with van der Waals surface area (Å²) < 4.78 is 5.41. The van der Waals surface area contributed by atoms with Crippen molar-refractivity contribution in [2.45, 2.75) is 6.42 Å². The van der Waals surface area contributed by atoms with Crippen molar-refractivity contribution in [3.8, 4) is 16.9 Å². The van der Waals surface area contributed by atoms with E-state index >= 15 is 0 Å². The van der Waals surface area contributed by atoms with Gasteiger partial charge in [-0.05, 0) is 40.5 Å². The molecule has 0 saturated heterocycles. The molecule has 3 rings (SSSR count). The molecular weight excluding hydrogens is 292 g/mol. The van der Waals surface area contributed by atoms with E-state index in [0.717, 1.165) is 17.2 Å². The van der Waals surface area contributed by atoms with E-state index in [2.05, 4.69) is 30.3 Å². The Hall–Kier alpha value is -2.25. The number of para-hydroxylation sites is 1.